The van der Waals surface area contributed by atoms with E-state index in [0.29, 0.717) is 29.4 Å². The van der Waals surface area contributed by atoms with Gasteiger partial charge in [-0.05, 0) is 38.2 Å². The number of nitrogens with one attached hydrogen (secondary N) is 1. The monoisotopic (exact) mass is 299 g/mol. The number of nitrogens with zero attached hydrogens (tertiary/aromatic N) is 1. The maximum Gasteiger partial charge on any atom is 0.224 e. The molecular weight excluding hydrogens is 278 g/mol. The summed E-state index contributed by atoms with van der Waals surface area (Å²) in [5.41, 5.74) is 6.77. The SMILES string of the molecule is COCCN(C)CCCC(=O)Nc1ccc(N)cc1Cl. The van der Waals surface area contributed by atoms with Crippen LogP contribution in [0.4, 0.5) is 11.4 Å². The molecule has 0 heterocycles. The van der Waals surface area contributed by atoms with Crippen molar-refractivity contribution in [2.75, 3.05) is 44.9 Å². The van der Waals surface area contributed by atoms with Gasteiger partial charge >= 0.3 is 0 Å². The van der Waals surface area contributed by atoms with Crippen LogP contribution in [0.5, 0.6) is 0 Å². The smallest absolute Gasteiger partial charge is 0.224 e. The molecule has 5 nitrogen and oxygen atoms in total. The van der Waals surface area contributed by atoms with E-state index < -0.39 is 0 Å². The van der Waals surface area contributed by atoms with Gasteiger partial charge < -0.3 is 20.7 Å². The Morgan fingerprint density at radius 3 is 2.85 bits per heavy atom. The fourth-order valence-electron chi connectivity index (χ4n) is 1.71. The topological polar surface area (TPSA) is 67.6 Å². The number of methoxy groups -OCH3 is 1. The highest BCUT2D eigenvalue weighted by atomic mass is 35.5. The lowest BCUT2D eigenvalue weighted by Gasteiger charge is -2.15. The van der Waals surface area contributed by atoms with Crippen molar-refractivity contribution in [1.82, 2.24) is 4.90 Å². The number of nitrogen functional groups attached to an aromatic ring is 1. The van der Waals surface area contributed by atoms with E-state index in [2.05, 4.69) is 10.2 Å². The highest BCUT2D eigenvalue weighted by molar-refractivity contribution is 6.34. The minimum absolute atomic E-state index is 0.0446. The average molecular weight is 300 g/mol. The second-order valence-electron chi connectivity index (χ2n) is 4.69. The van der Waals surface area contributed by atoms with Gasteiger partial charge in [0.1, 0.15) is 0 Å². The predicted molar refractivity (Wildman–Crippen MR) is 83.1 cm³/mol. The second kappa shape index (κ2) is 8.79. The summed E-state index contributed by atoms with van der Waals surface area (Å²) in [5, 5.41) is 3.24. The van der Waals surface area contributed by atoms with Crippen molar-refractivity contribution in [1.29, 1.82) is 0 Å². The number of carbonyl (C=O) groups is 1. The largest absolute Gasteiger partial charge is 0.399 e. The fraction of sp³-hybridized carbons (Fsp3) is 0.500. The summed E-state index contributed by atoms with van der Waals surface area (Å²) < 4.78 is 5.00. The lowest BCUT2D eigenvalue weighted by molar-refractivity contribution is -0.116. The number of hydrogen-bond acceptors (Lipinski definition) is 4. The van der Waals surface area contributed by atoms with Gasteiger partial charge in [-0.2, -0.15) is 0 Å². The van der Waals surface area contributed by atoms with Crippen LogP contribution in [0.3, 0.4) is 0 Å². The molecule has 0 saturated carbocycles. The average Bonchev–Trinajstić information content (AvgIpc) is 2.39. The molecule has 112 valence electrons. The Balaban J connectivity index is 2.30. The Labute approximate surface area is 125 Å². The number of halogens is 1. The highest BCUT2D eigenvalue weighted by Gasteiger charge is 2.07. The quantitative estimate of drug-likeness (QED) is 0.722. The van der Waals surface area contributed by atoms with Crippen LogP contribution < -0.4 is 11.1 Å². The van der Waals surface area contributed by atoms with Gasteiger partial charge in [0.05, 0.1) is 17.3 Å². The molecule has 1 amide bonds. The lowest BCUT2D eigenvalue weighted by Crippen LogP contribution is -2.25. The number of amides is 1. The van der Waals surface area contributed by atoms with Crippen molar-refractivity contribution in [3.63, 3.8) is 0 Å². The van der Waals surface area contributed by atoms with Gasteiger partial charge in [0.15, 0.2) is 0 Å². The molecule has 0 fully saturated rings. The minimum Gasteiger partial charge on any atom is -0.399 e. The van der Waals surface area contributed by atoms with Crippen molar-refractivity contribution < 1.29 is 9.53 Å². The van der Waals surface area contributed by atoms with Gasteiger partial charge in [-0.25, -0.2) is 0 Å². The van der Waals surface area contributed by atoms with Gasteiger partial charge in [-0.1, -0.05) is 11.6 Å². The number of hydrogen-bond donors (Lipinski definition) is 2. The van der Waals surface area contributed by atoms with Crippen LogP contribution in [0.1, 0.15) is 12.8 Å². The van der Waals surface area contributed by atoms with Crippen LogP contribution in [-0.4, -0.2) is 44.7 Å². The van der Waals surface area contributed by atoms with E-state index in [1.54, 1.807) is 25.3 Å². The van der Waals surface area contributed by atoms with Gasteiger partial charge in [-0.3, -0.25) is 4.79 Å². The van der Waals surface area contributed by atoms with Crippen LogP contribution in [0, 0.1) is 0 Å². The van der Waals surface area contributed by atoms with Crippen LogP contribution in [0.25, 0.3) is 0 Å². The minimum atomic E-state index is -0.0446. The van der Waals surface area contributed by atoms with E-state index >= 15 is 0 Å². The molecule has 6 heteroatoms. The third kappa shape index (κ3) is 6.23. The zero-order valence-electron chi connectivity index (χ0n) is 12.0. The third-order valence-corrected chi connectivity index (χ3v) is 3.20. The van der Waals surface area contributed by atoms with E-state index in [-0.39, 0.29) is 5.91 Å². The molecule has 0 aliphatic carbocycles. The molecule has 20 heavy (non-hydrogen) atoms. The van der Waals surface area contributed by atoms with E-state index in [1.807, 2.05) is 7.05 Å². The third-order valence-electron chi connectivity index (χ3n) is 2.89. The molecule has 1 aromatic rings. The Hall–Kier alpha value is -1.30. The van der Waals surface area contributed by atoms with Crippen LogP contribution in [0.15, 0.2) is 18.2 Å². The maximum atomic E-state index is 11.8. The molecule has 0 saturated heterocycles. The molecular formula is C14H22ClN3O2. The second-order valence-corrected chi connectivity index (χ2v) is 5.09. The molecule has 1 rings (SSSR count). The lowest BCUT2D eigenvalue weighted by atomic mass is 10.2. The highest BCUT2D eigenvalue weighted by Crippen LogP contribution is 2.24. The van der Waals surface area contributed by atoms with Crippen molar-refractivity contribution >= 4 is 28.9 Å². The first-order chi connectivity index (χ1) is 9.52. The zero-order chi connectivity index (χ0) is 15.0. The molecule has 1 aromatic carbocycles. The maximum absolute atomic E-state index is 11.8. The molecule has 0 unspecified atom stereocenters. The first kappa shape index (κ1) is 16.8. The molecule has 0 aliphatic rings. The standard InChI is InChI=1S/C14H22ClN3O2/c1-18(8-9-20-2)7-3-4-14(19)17-13-6-5-11(16)10-12(13)15/h5-6,10H,3-4,7-9,16H2,1-2H3,(H,17,19). The Kier molecular flexibility index (Phi) is 7.36. The Morgan fingerprint density at radius 2 is 2.20 bits per heavy atom. The van der Waals surface area contributed by atoms with Crippen molar-refractivity contribution in [3.8, 4) is 0 Å². The number of benzene rings is 1. The molecule has 0 atom stereocenters. The van der Waals surface area contributed by atoms with Crippen molar-refractivity contribution in [2.24, 2.45) is 0 Å². The summed E-state index contributed by atoms with van der Waals surface area (Å²) in [7, 11) is 3.69. The number of ether oxygens (including phenoxy) is 1. The molecule has 0 spiro atoms. The fourth-order valence-corrected chi connectivity index (χ4v) is 1.95. The predicted octanol–water partition coefficient (Wildman–Crippen LogP) is 2.22. The summed E-state index contributed by atoms with van der Waals surface area (Å²) in [6.45, 7) is 2.41. The normalized spacial score (nSPS) is 10.8. The molecule has 0 radical (unpaired) electrons. The van der Waals surface area contributed by atoms with Crippen molar-refractivity contribution in [2.45, 2.75) is 12.8 Å². The summed E-state index contributed by atoms with van der Waals surface area (Å²) in [6.07, 6.45) is 1.25. The zero-order valence-corrected chi connectivity index (χ0v) is 12.7. The number of carbonyl (C=O) groups excluding carboxylic acids is 1. The summed E-state index contributed by atoms with van der Waals surface area (Å²) in [4.78, 5) is 13.9. The Morgan fingerprint density at radius 1 is 1.45 bits per heavy atom. The first-order valence-electron chi connectivity index (χ1n) is 6.55. The number of nitrogens with two attached hydrogens (primary N) is 1. The summed E-state index contributed by atoms with van der Waals surface area (Å²) in [5.74, 6) is -0.0446. The van der Waals surface area contributed by atoms with Crippen LogP contribution in [-0.2, 0) is 9.53 Å². The molecule has 3 N–H and O–H groups in total. The number of anilines is 2. The van der Waals surface area contributed by atoms with Crippen molar-refractivity contribution in [3.05, 3.63) is 23.2 Å². The first-order valence-corrected chi connectivity index (χ1v) is 6.93. The molecule has 0 bridgehead atoms. The number of rotatable bonds is 8. The summed E-state index contributed by atoms with van der Waals surface area (Å²) >= 11 is 6.00. The van der Waals surface area contributed by atoms with Gasteiger partial charge in [0.25, 0.3) is 0 Å². The Bertz CT molecular complexity index is 440. The van der Waals surface area contributed by atoms with E-state index in [9.17, 15) is 4.79 Å². The van der Waals surface area contributed by atoms with Gasteiger partial charge in [0, 0.05) is 25.8 Å². The van der Waals surface area contributed by atoms with Gasteiger partial charge in [-0.15, -0.1) is 0 Å². The van der Waals surface area contributed by atoms with E-state index in [0.717, 1.165) is 19.5 Å². The van der Waals surface area contributed by atoms with E-state index in [1.165, 1.54) is 0 Å². The molecule has 0 aliphatic heterocycles. The van der Waals surface area contributed by atoms with Crippen LogP contribution in [0.2, 0.25) is 5.02 Å². The van der Waals surface area contributed by atoms with E-state index in [4.69, 9.17) is 22.1 Å². The summed E-state index contributed by atoms with van der Waals surface area (Å²) in [6, 6.07) is 5.04. The van der Waals surface area contributed by atoms with Crippen LogP contribution >= 0.6 is 11.6 Å². The molecule has 0 aromatic heterocycles. The van der Waals surface area contributed by atoms with Gasteiger partial charge in [0.2, 0.25) is 5.91 Å². The number of likely N-dealkylation sites (N-methyl/N-ethyl adjacent to an activating group) is 1.